The quantitative estimate of drug-likeness (QED) is 0.706. The van der Waals surface area contributed by atoms with E-state index in [2.05, 4.69) is 17.4 Å². The molecule has 1 fully saturated rings. The molecule has 0 aliphatic carbocycles. The molecule has 0 unspecified atom stereocenters. The molecule has 4 rings (SSSR count). The second-order valence-corrected chi connectivity index (χ2v) is 7.35. The fraction of sp³-hybridized carbons (Fsp3) is 0.250. The lowest BCUT2D eigenvalue weighted by Crippen LogP contribution is -2.41. The summed E-state index contributed by atoms with van der Waals surface area (Å²) in [7, 11) is 0. The number of carbonyl (C=O) groups excluding carboxylic acids is 2. The molecule has 1 aliphatic heterocycles. The van der Waals surface area contributed by atoms with Crippen molar-refractivity contribution in [2.45, 2.75) is 19.3 Å². The third-order valence-electron chi connectivity index (χ3n) is 5.40. The first-order valence-electron chi connectivity index (χ1n) is 9.96. The van der Waals surface area contributed by atoms with Gasteiger partial charge in [-0.15, -0.1) is 0 Å². The first-order chi connectivity index (χ1) is 14.2. The van der Waals surface area contributed by atoms with Crippen molar-refractivity contribution in [1.82, 2.24) is 4.90 Å². The van der Waals surface area contributed by atoms with Crippen LogP contribution in [0.25, 0.3) is 0 Å². The number of furan rings is 1. The lowest BCUT2D eigenvalue weighted by atomic mass is 9.95. The fourth-order valence-corrected chi connectivity index (χ4v) is 3.75. The number of piperidine rings is 1. The Kier molecular flexibility index (Phi) is 5.75. The van der Waals surface area contributed by atoms with Crippen molar-refractivity contribution in [3.05, 3.63) is 89.9 Å². The van der Waals surface area contributed by atoms with Crippen molar-refractivity contribution >= 4 is 17.5 Å². The van der Waals surface area contributed by atoms with E-state index >= 15 is 0 Å². The van der Waals surface area contributed by atoms with Crippen molar-refractivity contribution in [3.8, 4) is 0 Å². The van der Waals surface area contributed by atoms with E-state index < -0.39 is 0 Å². The number of rotatable bonds is 5. The molecule has 29 heavy (non-hydrogen) atoms. The maximum absolute atomic E-state index is 12.8. The van der Waals surface area contributed by atoms with E-state index in [-0.39, 0.29) is 17.7 Å². The standard InChI is InChI=1S/C24H24N2O3/c27-23(19-12-14-26(15-13-19)24(28)22-11-6-16-29-22)25-21-10-5-4-9-20(21)17-18-7-2-1-3-8-18/h1-11,16,19H,12-15,17H2,(H,25,27). The highest BCUT2D eigenvalue weighted by Crippen LogP contribution is 2.24. The number of hydrogen-bond acceptors (Lipinski definition) is 3. The minimum atomic E-state index is -0.109. The Hall–Kier alpha value is -3.34. The number of hydrogen-bond donors (Lipinski definition) is 1. The van der Waals surface area contributed by atoms with Crippen LogP contribution in [0.5, 0.6) is 0 Å². The monoisotopic (exact) mass is 388 g/mol. The number of likely N-dealkylation sites (tertiary alicyclic amines) is 1. The SMILES string of the molecule is O=C(Nc1ccccc1Cc1ccccc1)C1CCN(C(=O)c2ccco2)CC1. The molecule has 148 valence electrons. The molecule has 5 heteroatoms. The zero-order chi connectivity index (χ0) is 20.1. The summed E-state index contributed by atoms with van der Waals surface area (Å²) in [4.78, 5) is 27.0. The second kappa shape index (κ2) is 8.78. The Bertz CT molecular complexity index is 959. The summed E-state index contributed by atoms with van der Waals surface area (Å²) in [6.07, 6.45) is 3.58. The predicted octanol–water partition coefficient (Wildman–Crippen LogP) is 4.36. The lowest BCUT2D eigenvalue weighted by Gasteiger charge is -2.31. The van der Waals surface area contributed by atoms with Crippen molar-refractivity contribution < 1.29 is 14.0 Å². The summed E-state index contributed by atoms with van der Waals surface area (Å²) < 4.78 is 5.19. The van der Waals surface area contributed by atoms with Gasteiger partial charge < -0.3 is 14.6 Å². The average Bonchev–Trinajstić information content (AvgIpc) is 3.30. The van der Waals surface area contributed by atoms with Crippen molar-refractivity contribution in [2.24, 2.45) is 5.92 Å². The summed E-state index contributed by atoms with van der Waals surface area (Å²) in [6, 6.07) is 21.5. The van der Waals surface area contributed by atoms with Gasteiger partial charge in [-0.2, -0.15) is 0 Å². The molecule has 0 bridgehead atoms. The van der Waals surface area contributed by atoms with E-state index in [1.165, 1.54) is 11.8 Å². The predicted molar refractivity (Wildman–Crippen MR) is 112 cm³/mol. The van der Waals surface area contributed by atoms with Gasteiger partial charge in [0.05, 0.1) is 6.26 Å². The van der Waals surface area contributed by atoms with Gasteiger partial charge in [-0.25, -0.2) is 0 Å². The van der Waals surface area contributed by atoms with Crippen molar-refractivity contribution in [3.63, 3.8) is 0 Å². The highest BCUT2D eigenvalue weighted by atomic mass is 16.3. The molecular weight excluding hydrogens is 364 g/mol. The van der Waals surface area contributed by atoms with Gasteiger partial charge in [-0.3, -0.25) is 9.59 Å². The van der Waals surface area contributed by atoms with Gasteiger partial charge in [-0.05, 0) is 48.6 Å². The normalized spacial score (nSPS) is 14.6. The Morgan fingerprint density at radius 3 is 2.38 bits per heavy atom. The van der Waals surface area contributed by atoms with Crippen LogP contribution in [0.15, 0.2) is 77.4 Å². The Labute approximate surface area is 170 Å². The van der Waals surface area contributed by atoms with Crippen LogP contribution in [0.4, 0.5) is 5.69 Å². The van der Waals surface area contributed by atoms with Gasteiger partial charge in [0.1, 0.15) is 0 Å². The van der Waals surface area contributed by atoms with Crippen LogP contribution in [0.3, 0.4) is 0 Å². The van der Waals surface area contributed by atoms with Crippen LogP contribution < -0.4 is 5.32 Å². The zero-order valence-corrected chi connectivity index (χ0v) is 16.2. The maximum Gasteiger partial charge on any atom is 0.289 e. The topological polar surface area (TPSA) is 62.6 Å². The zero-order valence-electron chi connectivity index (χ0n) is 16.2. The van der Waals surface area contributed by atoms with Gasteiger partial charge in [-0.1, -0.05) is 48.5 Å². The number of nitrogens with zero attached hydrogens (tertiary/aromatic N) is 1. The Morgan fingerprint density at radius 1 is 0.931 bits per heavy atom. The minimum Gasteiger partial charge on any atom is -0.459 e. The highest BCUT2D eigenvalue weighted by molar-refractivity contribution is 5.94. The third kappa shape index (κ3) is 4.57. The lowest BCUT2D eigenvalue weighted by molar-refractivity contribution is -0.121. The van der Waals surface area contributed by atoms with Gasteiger partial charge >= 0.3 is 0 Å². The summed E-state index contributed by atoms with van der Waals surface area (Å²) in [5, 5.41) is 3.11. The van der Waals surface area contributed by atoms with E-state index in [0.29, 0.717) is 31.7 Å². The van der Waals surface area contributed by atoms with Crippen molar-refractivity contribution in [2.75, 3.05) is 18.4 Å². The van der Waals surface area contributed by atoms with Crippen LogP contribution in [-0.2, 0) is 11.2 Å². The highest BCUT2D eigenvalue weighted by Gasteiger charge is 2.29. The van der Waals surface area contributed by atoms with Crippen LogP contribution in [0.2, 0.25) is 0 Å². The van der Waals surface area contributed by atoms with E-state index in [1.807, 2.05) is 42.5 Å². The Balaban J connectivity index is 1.36. The first kappa shape index (κ1) is 19.0. The summed E-state index contributed by atoms with van der Waals surface area (Å²) in [6.45, 7) is 1.12. The van der Waals surface area contributed by atoms with Gasteiger partial charge in [0, 0.05) is 24.7 Å². The maximum atomic E-state index is 12.8. The van der Waals surface area contributed by atoms with E-state index in [1.54, 1.807) is 17.0 Å². The molecule has 1 saturated heterocycles. The van der Waals surface area contributed by atoms with Crippen LogP contribution in [0.1, 0.15) is 34.5 Å². The van der Waals surface area contributed by atoms with E-state index in [4.69, 9.17) is 4.42 Å². The molecule has 5 nitrogen and oxygen atoms in total. The molecule has 2 heterocycles. The number of amides is 2. The molecule has 1 aromatic heterocycles. The molecule has 1 N–H and O–H groups in total. The molecule has 0 spiro atoms. The van der Waals surface area contributed by atoms with Gasteiger partial charge in [0.15, 0.2) is 5.76 Å². The molecular formula is C24H24N2O3. The number of benzene rings is 2. The molecule has 2 aromatic carbocycles. The van der Waals surface area contributed by atoms with Gasteiger partial charge in [0.25, 0.3) is 5.91 Å². The molecule has 2 amide bonds. The molecule has 3 aromatic rings. The third-order valence-corrected chi connectivity index (χ3v) is 5.40. The van der Waals surface area contributed by atoms with Crippen LogP contribution in [-0.4, -0.2) is 29.8 Å². The van der Waals surface area contributed by atoms with Crippen LogP contribution >= 0.6 is 0 Å². The smallest absolute Gasteiger partial charge is 0.289 e. The number of para-hydroxylation sites is 1. The number of nitrogens with one attached hydrogen (secondary N) is 1. The largest absolute Gasteiger partial charge is 0.459 e. The second-order valence-electron chi connectivity index (χ2n) is 7.35. The molecule has 0 atom stereocenters. The fourth-order valence-electron chi connectivity index (χ4n) is 3.75. The van der Waals surface area contributed by atoms with Crippen molar-refractivity contribution in [1.29, 1.82) is 0 Å². The summed E-state index contributed by atoms with van der Waals surface area (Å²) >= 11 is 0. The van der Waals surface area contributed by atoms with E-state index in [9.17, 15) is 9.59 Å². The molecule has 0 saturated carbocycles. The molecule has 0 radical (unpaired) electrons. The first-order valence-corrected chi connectivity index (χ1v) is 9.96. The Morgan fingerprint density at radius 2 is 1.66 bits per heavy atom. The van der Waals surface area contributed by atoms with Crippen LogP contribution in [0, 0.1) is 5.92 Å². The average molecular weight is 388 g/mol. The molecule has 1 aliphatic rings. The minimum absolute atomic E-state index is 0.0237. The summed E-state index contributed by atoms with van der Waals surface area (Å²) in [5.41, 5.74) is 3.16. The number of carbonyl (C=O) groups is 2. The summed E-state index contributed by atoms with van der Waals surface area (Å²) in [5.74, 6) is 0.167. The van der Waals surface area contributed by atoms with E-state index in [0.717, 1.165) is 17.7 Å². The van der Waals surface area contributed by atoms with Gasteiger partial charge in [0.2, 0.25) is 5.91 Å². The number of anilines is 1.